The summed E-state index contributed by atoms with van der Waals surface area (Å²) in [6.07, 6.45) is 1.50. The van der Waals surface area contributed by atoms with Crippen LogP contribution in [0.1, 0.15) is 10.5 Å². The van der Waals surface area contributed by atoms with E-state index in [0.29, 0.717) is 17.1 Å². The van der Waals surface area contributed by atoms with Crippen LogP contribution < -0.4 is 16.6 Å². The molecule has 92 valence electrons. The topological polar surface area (TPSA) is 80.0 Å². The van der Waals surface area contributed by atoms with E-state index in [9.17, 15) is 4.79 Å². The Labute approximate surface area is 113 Å². The number of pyridine rings is 1. The van der Waals surface area contributed by atoms with E-state index in [2.05, 4.69) is 31.7 Å². The van der Waals surface area contributed by atoms with Gasteiger partial charge in [0.2, 0.25) is 0 Å². The maximum Gasteiger partial charge on any atom is 0.274 e. The second kappa shape index (κ2) is 5.61. The first kappa shape index (κ1) is 12.5. The van der Waals surface area contributed by atoms with Gasteiger partial charge < -0.3 is 10.7 Å². The number of nitrogens with one attached hydrogen (secondary N) is 2. The Morgan fingerprint density at radius 2 is 1.78 bits per heavy atom. The molecule has 5 nitrogen and oxygen atoms in total. The molecule has 18 heavy (non-hydrogen) atoms. The van der Waals surface area contributed by atoms with Crippen molar-refractivity contribution in [3.8, 4) is 0 Å². The molecule has 2 aromatic rings. The molecule has 0 saturated heterocycles. The number of aromatic nitrogens is 1. The molecule has 0 fully saturated rings. The predicted octanol–water partition coefficient (Wildman–Crippen LogP) is 2.38. The van der Waals surface area contributed by atoms with E-state index in [1.807, 2.05) is 12.1 Å². The fourth-order valence-corrected chi connectivity index (χ4v) is 1.61. The predicted molar refractivity (Wildman–Crippen MR) is 74.1 cm³/mol. The van der Waals surface area contributed by atoms with Crippen LogP contribution >= 0.6 is 15.9 Å². The molecule has 0 atom stereocenters. The van der Waals surface area contributed by atoms with Gasteiger partial charge in [-0.2, -0.15) is 0 Å². The van der Waals surface area contributed by atoms with Crippen molar-refractivity contribution in [2.75, 3.05) is 10.7 Å². The lowest BCUT2D eigenvalue weighted by atomic mass is 10.3. The average Bonchev–Trinajstić information content (AvgIpc) is 2.41. The summed E-state index contributed by atoms with van der Waals surface area (Å²) in [5, 5.41) is 2.75. The Hall–Kier alpha value is -1.92. The summed E-state index contributed by atoms with van der Waals surface area (Å²) in [5.74, 6) is 4.96. The lowest BCUT2D eigenvalue weighted by molar-refractivity contribution is 0.102. The molecule has 4 N–H and O–H groups in total. The summed E-state index contributed by atoms with van der Waals surface area (Å²) < 4.78 is 0.956. The van der Waals surface area contributed by atoms with Gasteiger partial charge in [0.25, 0.3) is 5.91 Å². The van der Waals surface area contributed by atoms with Gasteiger partial charge >= 0.3 is 0 Å². The Morgan fingerprint density at radius 3 is 2.33 bits per heavy atom. The summed E-state index contributed by atoms with van der Waals surface area (Å²) in [4.78, 5) is 15.9. The van der Waals surface area contributed by atoms with Crippen molar-refractivity contribution in [2.45, 2.75) is 0 Å². The smallest absolute Gasteiger partial charge is 0.274 e. The Balaban J connectivity index is 2.09. The van der Waals surface area contributed by atoms with Crippen LogP contribution in [-0.4, -0.2) is 10.9 Å². The highest BCUT2D eigenvalue weighted by Crippen LogP contribution is 2.15. The summed E-state index contributed by atoms with van der Waals surface area (Å²) in [7, 11) is 0. The van der Waals surface area contributed by atoms with E-state index in [0.717, 1.165) is 4.47 Å². The summed E-state index contributed by atoms with van der Waals surface area (Å²) in [5.41, 5.74) is 4.14. The Bertz CT molecular complexity index is 539. The van der Waals surface area contributed by atoms with E-state index in [1.54, 1.807) is 24.3 Å². The number of nitrogen functional groups attached to an aromatic ring is 1. The zero-order valence-electron chi connectivity index (χ0n) is 9.35. The number of anilines is 2. The van der Waals surface area contributed by atoms with Crippen LogP contribution in [-0.2, 0) is 0 Å². The SMILES string of the molecule is NNc1ccc(C(=O)Nc2ccc(Br)cc2)nc1. The molecule has 0 bridgehead atoms. The van der Waals surface area contributed by atoms with Gasteiger partial charge in [-0.15, -0.1) is 0 Å². The minimum absolute atomic E-state index is 0.263. The largest absolute Gasteiger partial charge is 0.323 e. The van der Waals surface area contributed by atoms with Crippen molar-refractivity contribution in [3.05, 3.63) is 52.8 Å². The first-order valence-corrected chi connectivity index (χ1v) is 5.98. The van der Waals surface area contributed by atoms with Crippen LogP contribution in [0.5, 0.6) is 0 Å². The second-order valence-corrected chi connectivity index (χ2v) is 4.45. The van der Waals surface area contributed by atoms with Gasteiger partial charge in [0.1, 0.15) is 5.69 Å². The third kappa shape index (κ3) is 3.06. The van der Waals surface area contributed by atoms with E-state index in [4.69, 9.17) is 5.84 Å². The third-order valence-corrected chi connectivity index (χ3v) is 2.79. The molecule has 0 aliphatic heterocycles. The highest BCUT2D eigenvalue weighted by molar-refractivity contribution is 9.10. The molecule has 0 saturated carbocycles. The lowest BCUT2D eigenvalue weighted by Gasteiger charge is -2.05. The van der Waals surface area contributed by atoms with Gasteiger partial charge in [-0.3, -0.25) is 10.6 Å². The number of amides is 1. The molecule has 1 heterocycles. The number of carbonyl (C=O) groups excluding carboxylic acids is 1. The van der Waals surface area contributed by atoms with Gasteiger partial charge in [0.05, 0.1) is 11.9 Å². The van der Waals surface area contributed by atoms with E-state index < -0.39 is 0 Å². The van der Waals surface area contributed by atoms with Crippen LogP contribution in [0, 0.1) is 0 Å². The third-order valence-electron chi connectivity index (χ3n) is 2.26. The maximum absolute atomic E-state index is 11.9. The normalized spacial score (nSPS) is 9.89. The molecular formula is C12H11BrN4O. The van der Waals surface area contributed by atoms with Crippen LogP contribution in [0.25, 0.3) is 0 Å². The molecule has 1 aromatic carbocycles. The summed E-state index contributed by atoms with van der Waals surface area (Å²) in [6.45, 7) is 0. The maximum atomic E-state index is 11.9. The Kier molecular flexibility index (Phi) is 3.91. The quantitative estimate of drug-likeness (QED) is 0.601. The molecule has 0 radical (unpaired) electrons. The highest BCUT2D eigenvalue weighted by atomic mass is 79.9. The molecule has 0 unspecified atom stereocenters. The van der Waals surface area contributed by atoms with E-state index in [1.165, 1.54) is 6.20 Å². The van der Waals surface area contributed by atoms with E-state index >= 15 is 0 Å². The molecule has 0 aliphatic carbocycles. The fraction of sp³-hybridized carbons (Fsp3) is 0. The minimum Gasteiger partial charge on any atom is -0.323 e. The molecule has 0 aliphatic rings. The second-order valence-electron chi connectivity index (χ2n) is 3.54. The monoisotopic (exact) mass is 306 g/mol. The van der Waals surface area contributed by atoms with Gasteiger partial charge in [0.15, 0.2) is 0 Å². The number of hydrazine groups is 1. The standard InChI is InChI=1S/C12H11BrN4O/c13-8-1-3-9(4-2-8)16-12(18)11-6-5-10(17-14)7-15-11/h1-7,17H,14H2,(H,16,18). The van der Waals surface area contributed by atoms with Gasteiger partial charge in [-0.1, -0.05) is 15.9 Å². The number of nitrogens with zero attached hydrogens (tertiary/aromatic N) is 1. The van der Waals surface area contributed by atoms with Crippen molar-refractivity contribution in [1.82, 2.24) is 4.98 Å². The number of rotatable bonds is 3. The molecule has 1 aromatic heterocycles. The number of nitrogens with two attached hydrogens (primary N) is 1. The summed E-state index contributed by atoms with van der Waals surface area (Å²) in [6, 6.07) is 10.6. The van der Waals surface area contributed by atoms with Gasteiger partial charge in [-0.05, 0) is 36.4 Å². The van der Waals surface area contributed by atoms with E-state index in [-0.39, 0.29) is 5.91 Å². The number of benzene rings is 1. The zero-order valence-corrected chi connectivity index (χ0v) is 10.9. The van der Waals surface area contributed by atoms with Crippen molar-refractivity contribution in [2.24, 2.45) is 5.84 Å². The van der Waals surface area contributed by atoms with Crippen LogP contribution in [0.2, 0.25) is 0 Å². The molecular weight excluding hydrogens is 296 g/mol. The van der Waals surface area contributed by atoms with Gasteiger partial charge in [0, 0.05) is 10.2 Å². The van der Waals surface area contributed by atoms with Crippen molar-refractivity contribution < 1.29 is 4.79 Å². The molecule has 2 rings (SSSR count). The average molecular weight is 307 g/mol. The first-order chi connectivity index (χ1) is 8.69. The summed E-state index contributed by atoms with van der Waals surface area (Å²) >= 11 is 3.33. The van der Waals surface area contributed by atoms with Crippen LogP contribution in [0.15, 0.2) is 47.1 Å². The van der Waals surface area contributed by atoms with Crippen LogP contribution in [0.4, 0.5) is 11.4 Å². The molecule has 0 spiro atoms. The molecule has 6 heteroatoms. The number of halogens is 1. The minimum atomic E-state index is -0.263. The van der Waals surface area contributed by atoms with Crippen molar-refractivity contribution in [1.29, 1.82) is 0 Å². The molecule has 1 amide bonds. The number of hydrogen-bond acceptors (Lipinski definition) is 4. The zero-order chi connectivity index (χ0) is 13.0. The first-order valence-electron chi connectivity index (χ1n) is 5.18. The highest BCUT2D eigenvalue weighted by Gasteiger charge is 2.07. The number of carbonyl (C=O) groups is 1. The van der Waals surface area contributed by atoms with Crippen molar-refractivity contribution in [3.63, 3.8) is 0 Å². The fourth-order valence-electron chi connectivity index (χ4n) is 1.34. The lowest BCUT2D eigenvalue weighted by Crippen LogP contribution is -2.14. The Morgan fingerprint density at radius 1 is 1.11 bits per heavy atom. The van der Waals surface area contributed by atoms with Gasteiger partial charge in [-0.25, -0.2) is 4.98 Å². The number of hydrogen-bond donors (Lipinski definition) is 3. The van der Waals surface area contributed by atoms with Crippen molar-refractivity contribution >= 4 is 33.2 Å². The van der Waals surface area contributed by atoms with Crippen LogP contribution in [0.3, 0.4) is 0 Å².